The van der Waals surface area contributed by atoms with Crippen LogP contribution in [0.25, 0.3) is 0 Å². The summed E-state index contributed by atoms with van der Waals surface area (Å²) in [7, 11) is 0. The number of allylic oxidation sites excluding steroid dienone is 1. The summed E-state index contributed by atoms with van der Waals surface area (Å²) in [6.45, 7) is 0.403. The Hall–Kier alpha value is -2.68. The van der Waals surface area contributed by atoms with Gasteiger partial charge in [0.15, 0.2) is 0 Å². The molecule has 3 aromatic rings. The van der Waals surface area contributed by atoms with E-state index in [2.05, 4.69) is 42.5 Å². The van der Waals surface area contributed by atoms with E-state index in [0.717, 1.165) is 35.1 Å². The van der Waals surface area contributed by atoms with Gasteiger partial charge in [-0.3, -0.25) is 0 Å². The fraction of sp³-hybridized carbons (Fsp3) is 0.200. The van der Waals surface area contributed by atoms with Gasteiger partial charge in [0.1, 0.15) is 5.60 Å². The molecule has 0 saturated heterocycles. The van der Waals surface area contributed by atoms with E-state index in [1.807, 2.05) is 54.6 Å². The average Bonchev–Trinajstić information content (AvgIpc) is 3.16. The van der Waals surface area contributed by atoms with Crippen molar-refractivity contribution in [2.24, 2.45) is 0 Å². The predicted molar refractivity (Wildman–Crippen MR) is 108 cm³/mol. The molecular formula is C25H24O2. The number of rotatable bonds is 6. The van der Waals surface area contributed by atoms with Crippen molar-refractivity contribution in [3.8, 4) is 0 Å². The molecule has 0 heterocycles. The SMILES string of the molecule is OC1CCC=C1COC(c1ccccc1)(c1ccccc1)c1ccccc1. The highest BCUT2D eigenvalue weighted by atomic mass is 16.5. The lowest BCUT2D eigenvalue weighted by Crippen LogP contribution is -2.34. The van der Waals surface area contributed by atoms with Gasteiger partial charge in [0.25, 0.3) is 0 Å². The molecule has 0 radical (unpaired) electrons. The first-order chi connectivity index (χ1) is 13.3. The maximum atomic E-state index is 10.2. The lowest BCUT2D eigenvalue weighted by Gasteiger charge is -2.36. The van der Waals surface area contributed by atoms with Gasteiger partial charge in [0.05, 0.1) is 12.7 Å². The standard InChI is InChI=1S/C25H24O2/c26-24-18-10-11-20(24)19-27-25(21-12-4-1-5-13-21,22-14-6-2-7-15-22)23-16-8-3-9-17-23/h1-9,11-17,24,26H,10,18-19H2. The number of benzene rings is 3. The average molecular weight is 356 g/mol. The maximum absolute atomic E-state index is 10.2. The van der Waals surface area contributed by atoms with Crippen molar-refractivity contribution >= 4 is 0 Å². The first-order valence-corrected chi connectivity index (χ1v) is 9.48. The lowest BCUT2D eigenvalue weighted by atomic mass is 9.80. The van der Waals surface area contributed by atoms with E-state index in [-0.39, 0.29) is 0 Å². The van der Waals surface area contributed by atoms with Gasteiger partial charge in [-0.15, -0.1) is 0 Å². The Balaban J connectivity index is 1.86. The molecule has 2 nitrogen and oxygen atoms in total. The predicted octanol–water partition coefficient (Wildman–Crippen LogP) is 5.08. The van der Waals surface area contributed by atoms with Gasteiger partial charge in [0.2, 0.25) is 0 Å². The first-order valence-electron chi connectivity index (χ1n) is 9.48. The van der Waals surface area contributed by atoms with Crippen molar-refractivity contribution in [3.63, 3.8) is 0 Å². The van der Waals surface area contributed by atoms with Crippen LogP contribution in [-0.2, 0) is 10.3 Å². The Labute approximate surface area is 160 Å². The van der Waals surface area contributed by atoms with Crippen LogP contribution in [0.15, 0.2) is 103 Å². The number of aliphatic hydroxyl groups is 1. The van der Waals surface area contributed by atoms with Crippen LogP contribution < -0.4 is 0 Å². The van der Waals surface area contributed by atoms with E-state index < -0.39 is 11.7 Å². The van der Waals surface area contributed by atoms with E-state index in [9.17, 15) is 5.11 Å². The molecule has 0 spiro atoms. The largest absolute Gasteiger partial charge is 0.389 e. The minimum atomic E-state index is -0.729. The molecule has 0 fully saturated rings. The van der Waals surface area contributed by atoms with Crippen LogP contribution in [0.5, 0.6) is 0 Å². The summed E-state index contributed by atoms with van der Waals surface area (Å²) >= 11 is 0. The second-order valence-corrected chi connectivity index (χ2v) is 6.94. The van der Waals surface area contributed by atoms with Gasteiger partial charge in [-0.25, -0.2) is 0 Å². The van der Waals surface area contributed by atoms with Crippen LogP contribution in [0.4, 0.5) is 0 Å². The molecule has 0 aliphatic heterocycles. The van der Waals surface area contributed by atoms with E-state index in [4.69, 9.17) is 4.74 Å². The highest BCUT2D eigenvalue weighted by molar-refractivity contribution is 5.47. The summed E-state index contributed by atoms with van der Waals surface area (Å²) in [6, 6.07) is 31.0. The van der Waals surface area contributed by atoms with Crippen molar-refractivity contribution in [2.75, 3.05) is 6.61 Å². The van der Waals surface area contributed by atoms with Gasteiger partial charge in [-0.2, -0.15) is 0 Å². The highest BCUT2D eigenvalue weighted by Gasteiger charge is 2.38. The summed E-state index contributed by atoms with van der Waals surface area (Å²) in [4.78, 5) is 0. The molecule has 0 bridgehead atoms. The quantitative estimate of drug-likeness (QED) is 0.493. The molecule has 1 atom stereocenters. The summed E-state index contributed by atoms with van der Waals surface area (Å²) in [5.74, 6) is 0. The van der Waals surface area contributed by atoms with E-state index in [0.29, 0.717) is 6.61 Å². The van der Waals surface area contributed by atoms with Crippen molar-refractivity contribution < 1.29 is 9.84 Å². The van der Waals surface area contributed by atoms with Crippen LogP contribution >= 0.6 is 0 Å². The molecular weight excluding hydrogens is 332 g/mol. The zero-order valence-electron chi connectivity index (χ0n) is 15.3. The Morgan fingerprint density at radius 2 is 1.19 bits per heavy atom. The summed E-state index contributed by atoms with van der Waals surface area (Å²) in [5, 5.41) is 10.2. The van der Waals surface area contributed by atoms with Crippen LogP contribution in [-0.4, -0.2) is 17.8 Å². The van der Waals surface area contributed by atoms with Crippen molar-refractivity contribution in [2.45, 2.75) is 24.5 Å². The molecule has 1 aliphatic rings. The van der Waals surface area contributed by atoms with Crippen LogP contribution in [0.2, 0.25) is 0 Å². The van der Waals surface area contributed by atoms with Gasteiger partial charge >= 0.3 is 0 Å². The van der Waals surface area contributed by atoms with E-state index in [1.165, 1.54) is 0 Å². The number of ether oxygens (including phenoxy) is 1. The Morgan fingerprint density at radius 1 is 0.741 bits per heavy atom. The van der Waals surface area contributed by atoms with Crippen LogP contribution in [0.1, 0.15) is 29.5 Å². The van der Waals surface area contributed by atoms with Crippen molar-refractivity contribution in [1.29, 1.82) is 0 Å². The van der Waals surface area contributed by atoms with Crippen molar-refractivity contribution in [1.82, 2.24) is 0 Å². The molecule has 1 aliphatic carbocycles. The molecule has 4 rings (SSSR count). The normalized spacial score (nSPS) is 16.9. The summed E-state index contributed by atoms with van der Waals surface area (Å²) in [6.07, 6.45) is 3.41. The van der Waals surface area contributed by atoms with E-state index in [1.54, 1.807) is 0 Å². The number of hydrogen-bond donors (Lipinski definition) is 1. The molecule has 0 saturated carbocycles. The third-order valence-corrected chi connectivity index (χ3v) is 5.27. The summed E-state index contributed by atoms with van der Waals surface area (Å²) < 4.78 is 6.71. The molecule has 27 heavy (non-hydrogen) atoms. The Bertz CT molecular complexity index is 789. The third-order valence-electron chi connectivity index (χ3n) is 5.27. The minimum absolute atomic E-state index is 0.398. The second-order valence-electron chi connectivity index (χ2n) is 6.94. The number of aliphatic hydroxyl groups excluding tert-OH is 1. The molecule has 2 heteroatoms. The van der Waals surface area contributed by atoms with E-state index >= 15 is 0 Å². The molecule has 136 valence electrons. The molecule has 1 N–H and O–H groups in total. The first kappa shape index (κ1) is 17.7. The second kappa shape index (κ2) is 7.91. The molecule has 1 unspecified atom stereocenters. The van der Waals surface area contributed by atoms with Gasteiger partial charge < -0.3 is 9.84 Å². The monoisotopic (exact) mass is 356 g/mol. The number of hydrogen-bond acceptors (Lipinski definition) is 2. The van der Waals surface area contributed by atoms with Gasteiger partial charge in [-0.05, 0) is 35.1 Å². The highest BCUT2D eigenvalue weighted by Crippen LogP contribution is 2.41. The van der Waals surface area contributed by atoms with Crippen LogP contribution in [0.3, 0.4) is 0 Å². The summed E-state index contributed by atoms with van der Waals surface area (Å²) in [5.41, 5.74) is 3.48. The fourth-order valence-corrected chi connectivity index (χ4v) is 3.86. The van der Waals surface area contributed by atoms with Gasteiger partial charge in [0, 0.05) is 0 Å². The topological polar surface area (TPSA) is 29.5 Å². The smallest absolute Gasteiger partial charge is 0.144 e. The van der Waals surface area contributed by atoms with Gasteiger partial charge in [-0.1, -0.05) is 97.1 Å². The van der Waals surface area contributed by atoms with Crippen molar-refractivity contribution in [3.05, 3.63) is 119 Å². The lowest BCUT2D eigenvalue weighted by molar-refractivity contribution is 0.0200. The molecule has 0 aromatic heterocycles. The molecule has 3 aromatic carbocycles. The fourth-order valence-electron chi connectivity index (χ4n) is 3.86. The minimum Gasteiger partial charge on any atom is -0.389 e. The zero-order chi connectivity index (χ0) is 18.5. The maximum Gasteiger partial charge on any atom is 0.144 e. The third kappa shape index (κ3) is 3.46. The zero-order valence-corrected chi connectivity index (χ0v) is 15.3. The Kier molecular flexibility index (Phi) is 5.19. The van der Waals surface area contributed by atoms with Crippen LogP contribution in [0, 0.1) is 0 Å². The molecule has 0 amide bonds. The Morgan fingerprint density at radius 3 is 1.56 bits per heavy atom.